The Morgan fingerprint density at radius 3 is 3.05 bits per heavy atom. The second kappa shape index (κ2) is 5.80. The quantitative estimate of drug-likeness (QED) is 0.765. The van der Waals surface area contributed by atoms with Crippen molar-refractivity contribution in [3.63, 3.8) is 0 Å². The Morgan fingerprint density at radius 1 is 1.50 bits per heavy atom. The fraction of sp³-hybridized carbons (Fsp3) is 0.385. The molecule has 20 heavy (non-hydrogen) atoms. The maximum absolute atomic E-state index is 12.1. The average Bonchev–Trinajstić information content (AvgIpc) is 2.95. The molecule has 106 valence electrons. The van der Waals surface area contributed by atoms with Gasteiger partial charge in [0.25, 0.3) is 5.91 Å². The van der Waals surface area contributed by atoms with Gasteiger partial charge < -0.3 is 16.4 Å². The Balaban J connectivity index is 1.62. The Bertz CT molecular complexity index is 590. The molecule has 1 amide bonds. The molecule has 0 atom stereocenters. The summed E-state index contributed by atoms with van der Waals surface area (Å²) in [5, 5.41) is 9.05. The number of aromatic nitrogens is 1. The average molecular weight is 308 g/mol. The van der Waals surface area contributed by atoms with Gasteiger partial charge in [-0.15, -0.1) is 11.3 Å². The highest BCUT2D eigenvalue weighted by atomic mass is 32.1. The highest BCUT2D eigenvalue weighted by Crippen LogP contribution is 2.28. The normalized spacial score (nSPS) is 14.2. The minimum atomic E-state index is -0.114. The first-order valence-electron chi connectivity index (χ1n) is 6.56. The van der Waals surface area contributed by atoms with E-state index in [4.69, 9.17) is 5.73 Å². The minimum absolute atomic E-state index is 0.114. The van der Waals surface area contributed by atoms with Gasteiger partial charge in [0, 0.05) is 17.5 Å². The van der Waals surface area contributed by atoms with Gasteiger partial charge in [0.05, 0.1) is 0 Å². The number of hydrogen-bond acceptors (Lipinski definition) is 6. The molecule has 7 heteroatoms. The van der Waals surface area contributed by atoms with E-state index in [1.54, 1.807) is 11.3 Å². The van der Waals surface area contributed by atoms with Gasteiger partial charge in [-0.05, 0) is 42.2 Å². The molecule has 2 aromatic rings. The molecule has 0 radical (unpaired) electrons. The van der Waals surface area contributed by atoms with Crippen LogP contribution < -0.4 is 16.4 Å². The zero-order valence-electron chi connectivity index (χ0n) is 10.9. The van der Waals surface area contributed by atoms with Crippen LogP contribution in [-0.4, -0.2) is 22.9 Å². The Labute approximate surface area is 125 Å². The molecule has 3 rings (SSSR count). The molecule has 0 spiro atoms. The van der Waals surface area contributed by atoms with Crippen LogP contribution in [0.2, 0.25) is 0 Å². The lowest BCUT2D eigenvalue weighted by Gasteiger charge is -2.07. The number of carbonyl (C=O) groups is 1. The van der Waals surface area contributed by atoms with Crippen LogP contribution in [0.4, 0.5) is 10.8 Å². The zero-order valence-corrected chi connectivity index (χ0v) is 12.5. The number of nitrogens with two attached hydrogens (primary N) is 1. The Morgan fingerprint density at radius 2 is 2.35 bits per heavy atom. The number of thiophene rings is 1. The lowest BCUT2D eigenvalue weighted by atomic mass is 10.2. The first-order valence-corrected chi connectivity index (χ1v) is 8.21. The predicted octanol–water partition coefficient (Wildman–Crippen LogP) is 2.33. The number of nitrogen functional groups attached to an aromatic ring is 1. The summed E-state index contributed by atoms with van der Waals surface area (Å²) in [7, 11) is 0. The molecule has 1 aliphatic carbocycles. The number of hydrogen-bond donors (Lipinski definition) is 3. The van der Waals surface area contributed by atoms with Crippen molar-refractivity contribution in [3.8, 4) is 0 Å². The van der Waals surface area contributed by atoms with Gasteiger partial charge in [-0.3, -0.25) is 4.79 Å². The topological polar surface area (TPSA) is 80.0 Å². The first kappa shape index (κ1) is 13.4. The van der Waals surface area contributed by atoms with Crippen molar-refractivity contribution in [2.45, 2.75) is 25.3 Å². The van der Waals surface area contributed by atoms with Gasteiger partial charge in [-0.1, -0.05) is 6.07 Å². The third-order valence-corrected chi connectivity index (χ3v) is 4.85. The molecule has 2 aromatic heterocycles. The fourth-order valence-electron chi connectivity index (χ4n) is 1.88. The standard InChI is InChI=1S/C13H16N4OS2/c14-11-10(12(18)16-8-3-4-8)13(20-17-11)15-6-5-9-2-1-7-19-9/h1-2,7-8,15H,3-6H2,(H2,14,17)(H,16,18). The third-order valence-electron chi connectivity index (χ3n) is 3.10. The fourth-order valence-corrected chi connectivity index (χ4v) is 3.33. The van der Waals surface area contributed by atoms with Crippen LogP contribution in [0, 0.1) is 0 Å². The molecule has 0 aromatic carbocycles. The van der Waals surface area contributed by atoms with E-state index in [9.17, 15) is 4.79 Å². The van der Waals surface area contributed by atoms with Crippen molar-refractivity contribution in [2.24, 2.45) is 0 Å². The Hall–Kier alpha value is -1.60. The molecule has 0 aliphatic heterocycles. The maximum Gasteiger partial charge on any atom is 0.258 e. The smallest absolute Gasteiger partial charge is 0.258 e. The second-order valence-electron chi connectivity index (χ2n) is 4.78. The van der Waals surface area contributed by atoms with Gasteiger partial charge in [0.1, 0.15) is 10.6 Å². The molecule has 1 saturated carbocycles. The van der Waals surface area contributed by atoms with Crippen LogP contribution >= 0.6 is 22.9 Å². The van der Waals surface area contributed by atoms with E-state index in [0.29, 0.717) is 17.4 Å². The summed E-state index contributed by atoms with van der Waals surface area (Å²) in [6, 6.07) is 4.47. The molecule has 5 nitrogen and oxygen atoms in total. The van der Waals surface area contributed by atoms with Crippen molar-refractivity contribution in [1.82, 2.24) is 9.69 Å². The summed E-state index contributed by atoms with van der Waals surface area (Å²) in [5.41, 5.74) is 6.30. The van der Waals surface area contributed by atoms with E-state index in [-0.39, 0.29) is 5.91 Å². The molecule has 4 N–H and O–H groups in total. The summed E-state index contributed by atoms with van der Waals surface area (Å²) in [6.07, 6.45) is 3.05. The van der Waals surface area contributed by atoms with E-state index in [2.05, 4.69) is 26.5 Å². The highest BCUT2D eigenvalue weighted by Gasteiger charge is 2.27. The van der Waals surface area contributed by atoms with Gasteiger partial charge in [-0.2, -0.15) is 4.37 Å². The van der Waals surface area contributed by atoms with Crippen molar-refractivity contribution in [1.29, 1.82) is 0 Å². The largest absolute Gasteiger partial charge is 0.382 e. The van der Waals surface area contributed by atoms with E-state index in [1.165, 1.54) is 16.4 Å². The summed E-state index contributed by atoms with van der Waals surface area (Å²) < 4.78 is 4.08. The van der Waals surface area contributed by atoms with Crippen molar-refractivity contribution in [2.75, 3.05) is 17.6 Å². The van der Waals surface area contributed by atoms with Crippen LogP contribution in [0.5, 0.6) is 0 Å². The lowest BCUT2D eigenvalue weighted by Crippen LogP contribution is -2.26. The van der Waals surface area contributed by atoms with Crippen molar-refractivity contribution in [3.05, 3.63) is 28.0 Å². The molecule has 1 aliphatic rings. The van der Waals surface area contributed by atoms with Gasteiger partial charge in [0.15, 0.2) is 5.82 Å². The number of rotatable bonds is 6. The van der Waals surface area contributed by atoms with E-state index < -0.39 is 0 Å². The summed E-state index contributed by atoms with van der Waals surface area (Å²) in [4.78, 5) is 13.4. The number of nitrogens with one attached hydrogen (secondary N) is 2. The number of amides is 1. The van der Waals surface area contributed by atoms with Crippen LogP contribution in [0.25, 0.3) is 0 Å². The summed E-state index contributed by atoms with van der Waals surface area (Å²) >= 11 is 2.98. The van der Waals surface area contributed by atoms with E-state index in [1.807, 2.05) is 6.07 Å². The molecule has 0 unspecified atom stereocenters. The summed E-state index contributed by atoms with van der Waals surface area (Å²) in [5.74, 6) is 0.198. The number of nitrogens with zero attached hydrogens (tertiary/aromatic N) is 1. The van der Waals surface area contributed by atoms with Crippen molar-refractivity contribution < 1.29 is 4.79 Å². The Kier molecular flexibility index (Phi) is 3.88. The molecule has 0 saturated heterocycles. The first-order chi connectivity index (χ1) is 9.74. The molecular formula is C13H16N4OS2. The molecular weight excluding hydrogens is 292 g/mol. The number of anilines is 2. The van der Waals surface area contributed by atoms with Crippen LogP contribution in [0.3, 0.4) is 0 Å². The molecule has 0 bridgehead atoms. The minimum Gasteiger partial charge on any atom is -0.382 e. The maximum atomic E-state index is 12.1. The SMILES string of the molecule is Nc1nsc(NCCc2cccs2)c1C(=O)NC1CC1. The monoisotopic (exact) mass is 308 g/mol. The van der Waals surface area contributed by atoms with Gasteiger partial charge >= 0.3 is 0 Å². The molecule has 1 fully saturated rings. The predicted molar refractivity (Wildman–Crippen MR) is 83.5 cm³/mol. The van der Waals surface area contributed by atoms with Crippen LogP contribution in [-0.2, 0) is 6.42 Å². The number of carbonyl (C=O) groups excluding carboxylic acids is 1. The third kappa shape index (κ3) is 3.10. The van der Waals surface area contributed by atoms with Crippen LogP contribution in [0.1, 0.15) is 28.1 Å². The second-order valence-corrected chi connectivity index (χ2v) is 6.58. The zero-order chi connectivity index (χ0) is 13.9. The summed E-state index contributed by atoms with van der Waals surface area (Å²) in [6.45, 7) is 0.770. The molecule has 2 heterocycles. The highest BCUT2D eigenvalue weighted by molar-refractivity contribution is 7.11. The van der Waals surface area contributed by atoms with Crippen molar-refractivity contribution >= 4 is 39.6 Å². The van der Waals surface area contributed by atoms with Gasteiger partial charge in [0.2, 0.25) is 0 Å². The van der Waals surface area contributed by atoms with Crippen LogP contribution in [0.15, 0.2) is 17.5 Å². The van der Waals surface area contributed by atoms with E-state index in [0.717, 1.165) is 30.8 Å². The van der Waals surface area contributed by atoms with Gasteiger partial charge in [-0.25, -0.2) is 0 Å². The van der Waals surface area contributed by atoms with E-state index >= 15 is 0 Å². The lowest BCUT2D eigenvalue weighted by molar-refractivity contribution is 0.0953.